The molecule has 4 rings (SSSR count). The van der Waals surface area contributed by atoms with Crippen LogP contribution in [0.3, 0.4) is 0 Å². The van der Waals surface area contributed by atoms with Gasteiger partial charge in [-0.2, -0.15) is 13.2 Å². The van der Waals surface area contributed by atoms with E-state index in [1.165, 1.54) is 12.1 Å². The summed E-state index contributed by atoms with van der Waals surface area (Å²) >= 11 is 0. The third-order valence-electron chi connectivity index (χ3n) is 7.50. The second-order valence-electron chi connectivity index (χ2n) is 10.5. The van der Waals surface area contributed by atoms with Crippen LogP contribution >= 0.6 is 0 Å². The van der Waals surface area contributed by atoms with Gasteiger partial charge in [-0.25, -0.2) is 0 Å². The highest BCUT2D eigenvalue weighted by atomic mass is 19.4. The minimum atomic E-state index is -4.42. The smallest absolute Gasteiger partial charge is 0.361 e. The fourth-order valence-electron chi connectivity index (χ4n) is 5.25. The molecule has 1 aliphatic rings. The lowest BCUT2D eigenvalue weighted by molar-refractivity contribution is -0.145. The third-order valence-corrected chi connectivity index (χ3v) is 7.50. The van der Waals surface area contributed by atoms with Gasteiger partial charge in [-0.15, -0.1) is 0 Å². The molecule has 1 aliphatic carbocycles. The summed E-state index contributed by atoms with van der Waals surface area (Å²) in [6.45, 7) is 4.34. The van der Waals surface area contributed by atoms with Crippen LogP contribution in [-0.2, 0) is 28.7 Å². The van der Waals surface area contributed by atoms with Crippen LogP contribution in [0.4, 0.5) is 13.2 Å². The van der Waals surface area contributed by atoms with Crippen molar-refractivity contribution in [2.45, 2.75) is 71.1 Å². The number of carbonyl (C=O) groups excluding carboxylic acids is 2. The van der Waals surface area contributed by atoms with Crippen LogP contribution in [-0.4, -0.2) is 45.7 Å². The van der Waals surface area contributed by atoms with Gasteiger partial charge in [-0.05, 0) is 62.4 Å². The average Bonchev–Trinajstić information content (AvgIpc) is 3.32. The molecule has 0 aliphatic heterocycles. The third kappa shape index (κ3) is 6.77. The molecule has 1 fully saturated rings. The molecule has 0 radical (unpaired) electrons. The van der Waals surface area contributed by atoms with Crippen molar-refractivity contribution >= 4 is 22.7 Å². The number of nitrogens with zero attached hydrogens (tertiary/aromatic N) is 2. The molecular weight excluding hydrogens is 491 g/mol. The second kappa shape index (κ2) is 12.0. The predicted molar refractivity (Wildman–Crippen MR) is 142 cm³/mol. The Morgan fingerprint density at radius 3 is 2.34 bits per heavy atom. The van der Waals surface area contributed by atoms with Crippen molar-refractivity contribution in [3.63, 3.8) is 0 Å². The predicted octanol–water partition coefficient (Wildman–Crippen LogP) is 6.58. The van der Waals surface area contributed by atoms with E-state index in [2.05, 4.69) is 4.98 Å². The summed E-state index contributed by atoms with van der Waals surface area (Å²) in [7, 11) is 0. The summed E-state index contributed by atoms with van der Waals surface area (Å²) in [5, 5.41) is 1.07. The highest BCUT2D eigenvalue weighted by molar-refractivity contribution is 5.86. The molecule has 0 unspecified atom stereocenters. The Bertz CT molecular complexity index is 1230. The zero-order valence-corrected chi connectivity index (χ0v) is 22.1. The average molecular weight is 528 g/mol. The maximum absolute atomic E-state index is 13.6. The van der Waals surface area contributed by atoms with Gasteiger partial charge in [0.1, 0.15) is 0 Å². The molecule has 1 heterocycles. The largest absolute Gasteiger partial charge is 0.416 e. The number of carbonyl (C=O) groups is 2. The first-order valence-electron chi connectivity index (χ1n) is 13.4. The van der Waals surface area contributed by atoms with Crippen LogP contribution in [0.1, 0.15) is 62.6 Å². The number of rotatable bonds is 9. The molecule has 1 N–H and O–H groups in total. The number of hydrogen-bond acceptors (Lipinski definition) is 2. The number of amides is 2. The van der Waals surface area contributed by atoms with Gasteiger partial charge in [0.2, 0.25) is 11.8 Å². The lowest BCUT2D eigenvalue weighted by Gasteiger charge is -2.33. The number of alkyl halides is 3. The molecule has 5 nitrogen and oxygen atoms in total. The fourth-order valence-corrected chi connectivity index (χ4v) is 5.25. The van der Waals surface area contributed by atoms with Gasteiger partial charge in [0.25, 0.3) is 0 Å². The molecule has 1 saturated carbocycles. The first kappa shape index (κ1) is 27.7. The van der Waals surface area contributed by atoms with E-state index >= 15 is 0 Å². The van der Waals surface area contributed by atoms with E-state index in [0.717, 1.165) is 60.7 Å². The molecule has 38 heavy (non-hydrogen) atoms. The molecule has 0 spiro atoms. The maximum Gasteiger partial charge on any atom is 0.416 e. The lowest BCUT2D eigenvalue weighted by Crippen LogP contribution is -2.48. The van der Waals surface area contributed by atoms with Crippen molar-refractivity contribution in [2.24, 2.45) is 5.92 Å². The number of para-hydroxylation sites is 1. The van der Waals surface area contributed by atoms with E-state index in [-0.39, 0.29) is 36.9 Å². The Hall–Kier alpha value is -3.29. The lowest BCUT2D eigenvalue weighted by atomic mass is 9.88. The van der Waals surface area contributed by atoms with Gasteiger partial charge in [-0.1, -0.05) is 49.6 Å². The van der Waals surface area contributed by atoms with Crippen molar-refractivity contribution in [3.05, 3.63) is 71.4 Å². The zero-order valence-electron chi connectivity index (χ0n) is 22.1. The molecule has 2 amide bonds. The topological polar surface area (TPSA) is 56.4 Å². The highest BCUT2D eigenvalue weighted by Gasteiger charge is 2.31. The highest BCUT2D eigenvalue weighted by Crippen LogP contribution is 2.30. The molecule has 0 atom stereocenters. The van der Waals surface area contributed by atoms with Crippen LogP contribution < -0.4 is 0 Å². The summed E-state index contributed by atoms with van der Waals surface area (Å²) < 4.78 is 39.2. The minimum Gasteiger partial charge on any atom is -0.361 e. The number of fused-ring (bicyclic) bond motifs is 1. The minimum absolute atomic E-state index is 0.0270. The van der Waals surface area contributed by atoms with Crippen molar-refractivity contribution in [2.75, 3.05) is 13.1 Å². The van der Waals surface area contributed by atoms with Crippen molar-refractivity contribution < 1.29 is 22.8 Å². The van der Waals surface area contributed by atoms with Crippen LogP contribution in [0, 0.1) is 5.92 Å². The van der Waals surface area contributed by atoms with Gasteiger partial charge < -0.3 is 14.8 Å². The first-order chi connectivity index (χ1) is 18.1. The van der Waals surface area contributed by atoms with Crippen LogP contribution in [0.15, 0.2) is 54.7 Å². The molecule has 1 aromatic heterocycles. The number of H-pyrrole nitrogens is 1. The molecule has 204 valence electrons. The van der Waals surface area contributed by atoms with Gasteiger partial charge in [-0.3, -0.25) is 9.59 Å². The van der Waals surface area contributed by atoms with Gasteiger partial charge >= 0.3 is 6.18 Å². The molecule has 8 heteroatoms. The second-order valence-corrected chi connectivity index (χ2v) is 10.5. The van der Waals surface area contributed by atoms with E-state index in [4.69, 9.17) is 0 Å². The van der Waals surface area contributed by atoms with Crippen molar-refractivity contribution in [1.29, 1.82) is 0 Å². The molecule has 3 aromatic rings. The van der Waals surface area contributed by atoms with E-state index in [1.807, 2.05) is 44.3 Å². The Labute approximate surface area is 222 Å². The Balaban J connectivity index is 1.53. The zero-order chi connectivity index (χ0) is 27.3. The molecule has 0 saturated heterocycles. The Morgan fingerprint density at radius 2 is 1.68 bits per heavy atom. The van der Waals surface area contributed by atoms with Crippen LogP contribution in [0.5, 0.6) is 0 Å². The number of aromatic amines is 1. The van der Waals surface area contributed by atoms with Gasteiger partial charge in [0, 0.05) is 42.1 Å². The summed E-state index contributed by atoms with van der Waals surface area (Å²) in [5.74, 6) is -0.227. The first-order valence-corrected chi connectivity index (χ1v) is 13.4. The van der Waals surface area contributed by atoms with Gasteiger partial charge in [0.05, 0.1) is 12.1 Å². The quantitative estimate of drug-likeness (QED) is 0.342. The van der Waals surface area contributed by atoms with E-state index < -0.39 is 11.7 Å². The molecule has 2 aromatic carbocycles. The van der Waals surface area contributed by atoms with Crippen LogP contribution in [0.25, 0.3) is 10.9 Å². The monoisotopic (exact) mass is 527 g/mol. The summed E-state index contributed by atoms with van der Waals surface area (Å²) in [4.78, 5) is 33.5. The van der Waals surface area contributed by atoms with E-state index in [0.29, 0.717) is 18.5 Å². The van der Waals surface area contributed by atoms with Gasteiger partial charge in [0.15, 0.2) is 0 Å². The SMILES string of the molecule is CC(C)N(CC(=O)N(CCc1c[nH]c2ccccc12)Cc1ccc(C(F)(F)F)cc1)C(=O)C1CCCCC1. The molecular formula is C30H36F3N3O2. The summed E-state index contributed by atoms with van der Waals surface area (Å²) in [5.41, 5.74) is 1.96. The van der Waals surface area contributed by atoms with E-state index in [1.54, 1.807) is 9.80 Å². The van der Waals surface area contributed by atoms with Crippen molar-refractivity contribution in [3.8, 4) is 0 Å². The van der Waals surface area contributed by atoms with Crippen LogP contribution in [0.2, 0.25) is 0 Å². The standard InChI is InChI=1S/C30H36F3N3O2/c1-21(2)36(29(38)23-8-4-3-5-9-23)20-28(37)35(19-22-12-14-25(15-13-22)30(31,32)33)17-16-24-18-34-27-11-7-6-10-26(24)27/h6-7,10-15,18,21,23,34H,3-5,8-9,16-17,19-20H2,1-2H3. The number of hydrogen-bond donors (Lipinski definition) is 1. The Kier molecular flexibility index (Phi) is 8.80. The number of benzene rings is 2. The van der Waals surface area contributed by atoms with Crippen molar-refractivity contribution in [1.82, 2.24) is 14.8 Å². The summed E-state index contributed by atoms with van der Waals surface area (Å²) in [6.07, 6.45) is 2.99. The number of nitrogens with one attached hydrogen (secondary N) is 1. The molecule has 0 bridgehead atoms. The number of halogens is 3. The normalized spacial score (nSPS) is 14.7. The number of aromatic nitrogens is 1. The van der Waals surface area contributed by atoms with E-state index in [9.17, 15) is 22.8 Å². The maximum atomic E-state index is 13.6. The fraction of sp³-hybridized carbons (Fsp3) is 0.467. The Morgan fingerprint density at radius 1 is 1.00 bits per heavy atom. The summed E-state index contributed by atoms with van der Waals surface area (Å²) in [6, 6.07) is 12.7.